The number of aryl methyl sites for hydroxylation is 1. The Labute approximate surface area is 260 Å². The Morgan fingerprint density at radius 1 is 0.930 bits per heavy atom. The number of amides is 2. The second-order valence-electron chi connectivity index (χ2n) is 12.4. The molecular weight excluding hydrogens is 558 g/mol. The van der Waals surface area contributed by atoms with Gasteiger partial charge < -0.3 is 25.3 Å². The van der Waals surface area contributed by atoms with Crippen LogP contribution in [0.1, 0.15) is 34.2 Å². The van der Waals surface area contributed by atoms with Gasteiger partial charge in [-0.25, -0.2) is 0 Å². The van der Waals surface area contributed by atoms with Crippen LogP contribution in [-0.4, -0.2) is 80.0 Å². The van der Waals surface area contributed by atoms with Crippen molar-refractivity contribution >= 4 is 29.1 Å². The van der Waals surface area contributed by atoms with E-state index in [1.807, 2.05) is 41.3 Å². The van der Waals surface area contributed by atoms with Crippen LogP contribution in [-0.2, 0) is 41.8 Å². The Morgan fingerprint density at radius 2 is 1.65 bits per heavy atom. The van der Waals surface area contributed by atoms with E-state index in [1.165, 1.54) is 34.4 Å². The fraction of sp³-hybridized carbons (Fsp3) is 0.429. The van der Waals surface area contributed by atoms with Crippen molar-refractivity contribution in [1.29, 1.82) is 0 Å². The molecule has 1 aliphatic carbocycles. The summed E-state index contributed by atoms with van der Waals surface area (Å²) in [6.45, 7) is 3.45. The predicted octanol–water partition coefficient (Wildman–Crippen LogP) is 3.85. The number of hydrogen-bond acceptors (Lipinski definition) is 5. The van der Waals surface area contributed by atoms with Crippen molar-refractivity contribution in [3.8, 4) is 0 Å². The molecule has 3 aromatic rings. The van der Waals surface area contributed by atoms with Crippen LogP contribution < -0.4 is 15.5 Å². The van der Waals surface area contributed by atoms with Gasteiger partial charge in [0.2, 0.25) is 11.8 Å². The fourth-order valence-corrected chi connectivity index (χ4v) is 6.97. The lowest BCUT2D eigenvalue weighted by Gasteiger charge is -2.40. The lowest BCUT2D eigenvalue weighted by atomic mass is 9.86. The average molecular weight is 600 g/mol. The molecule has 7 nitrogen and oxygen atoms in total. The molecule has 0 unspecified atom stereocenters. The van der Waals surface area contributed by atoms with E-state index >= 15 is 0 Å². The highest BCUT2D eigenvalue weighted by Crippen LogP contribution is 2.32. The third kappa shape index (κ3) is 6.74. The molecule has 2 amide bonds. The van der Waals surface area contributed by atoms with E-state index in [4.69, 9.17) is 11.6 Å². The molecule has 6 rings (SSSR count). The summed E-state index contributed by atoms with van der Waals surface area (Å²) in [6, 6.07) is 22.0. The van der Waals surface area contributed by atoms with Crippen LogP contribution in [0.25, 0.3) is 0 Å². The SMILES string of the molecule is CN(C)[C@H]1CCc2cccc(N3CCN(C(=O)[C@@H](Cc4ccc(Cl)cc4)NC(=O)[C@H]4Cc5ccccc5CN4)CC3)c2C1. The zero-order valence-corrected chi connectivity index (χ0v) is 25.9. The van der Waals surface area contributed by atoms with Crippen LogP contribution in [0.4, 0.5) is 5.69 Å². The predicted molar refractivity (Wildman–Crippen MR) is 173 cm³/mol. The zero-order chi connectivity index (χ0) is 29.9. The quantitative estimate of drug-likeness (QED) is 0.432. The Morgan fingerprint density at radius 3 is 2.40 bits per heavy atom. The standard InChI is InChI=1S/C35H42ClN5O2/c1-39(2)29-15-12-25-8-5-9-33(30(25)22-29)40-16-18-41(19-17-40)35(43)32(20-24-10-13-28(36)14-11-24)38-34(42)31-21-26-6-3-4-7-27(26)23-37-31/h3-11,13-14,29,31-32,37H,12,15-23H2,1-2H3,(H,38,42)/t29-,31+,32+/m0/s1. The molecule has 2 heterocycles. The molecule has 3 atom stereocenters. The van der Waals surface area contributed by atoms with E-state index in [-0.39, 0.29) is 17.9 Å². The summed E-state index contributed by atoms with van der Waals surface area (Å²) in [5.74, 6) is -0.159. The first-order chi connectivity index (χ1) is 20.9. The number of nitrogens with zero attached hydrogens (tertiary/aromatic N) is 3. The summed E-state index contributed by atoms with van der Waals surface area (Å²) in [7, 11) is 4.34. The van der Waals surface area contributed by atoms with Gasteiger partial charge in [0, 0.05) is 55.9 Å². The van der Waals surface area contributed by atoms with Crippen LogP contribution in [0, 0.1) is 0 Å². The van der Waals surface area contributed by atoms with Gasteiger partial charge in [-0.15, -0.1) is 0 Å². The Kier molecular flexibility index (Phi) is 9.03. The molecule has 3 aromatic carbocycles. The third-order valence-electron chi connectivity index (χ3n) is 9.46. The minimum Gasteiger partial charge on any atom is -0.368 e. The van der Waals surface area contributed by atoms with E-state index in [0.29, 0.717) is 43.5 Å². The number of anilines is 1. The van der Waals surface area contributed by atoms with E-state index in [9.17, 15) is 9.59 Å². The monoisotopic (exact) mass is 599 g/mol. The minimum absolute atomic E-state index is 0.0260. The van der Waals surface area contributed by atoms with Crippen molar-refractivity contribution < 1.29 is 9.59 Å². The largest absolute Gasteiger partial charge is 0.368 e. The topological polar surface area (TPSA) is 67.9 Å². The number of halogens is 1. The molecule has 0 radical (unpaired) electrons. The van der Waals surface area contributed by atoms with E-state index in [1.54, 1.807) is 0 Å². The molecule has 0 aromatic heterocycles. The summed E-state index contributed by atoms with van der Waals surface area (Å²) in [6.07, 6.45) is 4.39. The summed E-state index contributed by atoms with van der Waals surface area (Å²) < 4.78 is 0. The van der Waals surface area contributed by atoms with Gasteiger partial charge in [0.25, 0.3) is 0 Å². The molecule has 0 bridgehead atoms. The number of nitrogens with one attached hydrogen (secondary N) is 2. The van der Waals surface area contributed by atoms with Gasteiger partial charge in [-0.1, -0.05) is 60.1 Å². The van der Waals surface area contributed by atoms with Gasteiger partial charge in [0.15, 0.2) is 0 Å². The first-order valence-electron chi connectivity index (χ1n) is 15.5. The second-order valence-corrected chi connectivity index (χ2v) is 12.8. The van der Waals surface area contributed by atoms with E-state index in [0.717, 1.165) is 31.5 Å². The van der Waals surface area contributed by atoms with Crippen molar-refractivity contribution in [2.24, 2.45) is 0 Å². The van der Waals surface area contributed by atoms with Crippen molar-refractivity contribution in [1.82, 2.24) is 20.4 Å². The van der Waals surface area contributed by atoms with Crippen molar-refractivity contribution in [3.05, 3.63) is 99.6 Å². The third-order valence-corrected chi connectivity index (χ3v) is 9.71. The fourth-order valence-electron chi connectivity index (χ4n) is 6.84. The lowest BCUT2D eigenvalue weighted by Crippen LogP contribution is -2.58. The minimum atomic E-state index is -0.649. The highest BCUT2D eigenvalue weighted by molar-refractivity contribution is 6.30. The number of likely N-dealkylation sites (N-methyl/N-ethyl adjacent to an activating group) is 1. The molecule has 226 valence electrons. The molecule has 43 heavy (non-hydrogen) atoms. The van der Waals surface area contributed by atoms with Gasteiger partial charge >= 0.3 is 0 Å². The molecule has 0 saturated carbocycles. The maximum absolute atomic E-state index is 14.0. The Hall–Kier alpha value is -3.39. The Bertz CT molecular complexity index is 1450. The van der Waals surface area contributed by atoms with E-state index in [2.05, 4.69) is 64.9 Å². The number of hydrogen-bond donors (Lipinski definition) is 2. The van der Waals surface area contributed by atoms with Gasteiger partial charge in [-0.3, -0.25) is 9.59 Å². The molecule has 2 N–H and O–H groups in total. The number of piperazine rings is 1. The van der Waals surface area contributed by atoms with Crippen molar-refractivity contribution in [2.45, 2.75) is 56.8 Å². The van der Waals surface area contributed by atoms with Crippen LogP contribution in [0.3, 0.4) is 0 Å². The molecule has 3 aliphatic rings. The van der Waals surface area contributed by atoms with Crippen molar-refractivity contribution in [2.75, 3.05) is 45.2 Å². The number of benzene rings is 3. The maximum Gasteiger partial charge on any atom is 0.245 e. The summed E-state index contributed by atoms with van der Waals surface area (Å²) >= 11 is 6.13. The maximum atomic E-state index is 14.0. The lowest BCUT2D eigenvalue weighted by molar-refractivity contribution is -0.137. The zero-order valence-electron chi connectivity index (χ0n) is 25.2. The van der Waals surface area contributed by atoms with Crippen LogP contribution >= 0.6 is 11.6 Å². The molecule has 1 fully saturated rings. The molecule has 1 saturated heterocycles. The van der Waals surface area contributed by atoms with Gasteiger partial charge in [-0.05, 0) is 85.8 Å². The van der Waals surface area contributed by atoms with E-state index < -0.39 is 6.04 Å². The van der Waals surface area contributed by atoms with Gasteiger partial charge in [-0.2, -0.15) is 0 Å². The summed E-state index contributed by atoms with van der Waals surface area (Å²) in [5.41, 5.74) is 7.59. The number of rotatable bonds is 7. The van der Waals surface area contributed by atoms with Crippen LogP contribution in [0.2, 0.25) is 5.02 Å². The molecule has 8 heteroatoms. The highest BCUT2D eigenvalue weighted by Gasteiger charge is 2.33. The number of carbonyl (C=O) groups is 2. The Balaban J connectivity index is 1.14. The molecule has 0 spiro atoms. The first kappa shape index (κ1) is 29.7. The first-order valence-corrected chi connectivity index (χ1v) is 15.9. The number of fused-ring (bicyclic) bond motifs is 2. The van der Waals surface area contributed by atoms with Crippen LogP contribution in [0.5, 0.6) is 0 Å². The average Bonchev–Trinajstić information content (AvgIpc) is 3.04. The molecular formula is C35H42ClN5O2. The van der Waals surface area contributed by atoms with Gasteiger partial charge in [0.05, 0.1) is 6.04 Å². The van der Waals surface area contributed by atoms with Crippen molar-refractivity contribution in [3.63, 3.8) is 0 Å². The summed E-state index contributed by atoms with van der Waals surface area (Å²) in [4.78, 5) is 34.3. The van der Waals surface area contributed by atoms with Crippen LogP contribution in [0.15, 0.2) is 66.7 Å². The summed E-state index contributed by atoms with van der Waals surface area (Å²) in [5, 5.41) is 7.15. The smallest absolute Gasteiger partial charge is 0.245 e. The molecule has 2 aliphatic heterocycles. The number of carbonyl (C=O) groups excluding carboxylic acids is 2. The highest BCUT2D eigenvalue weighted by atomic mass is 35.5. The normalized spacial score (nSPS) is 20.7. The van der Waals surface area contributed by atoms with Gasteiger partial charge in [0.1, 0.15) is 6.04 Å². The second kappa shape index (κ2) is 13.1.